The molecule has 0 fully saturated rings. The van der Waals surface area contributed by atoms with Crippen molar-refractivity contribution in [3.63, 3.8) is 0 Å². The zero-order valence-electron chi connectivity index (χ0n) is 30.3. The van der Waals surface area contributed by atoms with Crippen LogP contribution in [0.15, 0.2) is 185 Å². The van der Waals surface area contributed by atoms with Crippen LogP contribution in [0, 0.1) is 0 Å². The van der Waals surface area contributed by atoms with Gasteiger partial charge in [-0.25, -0.2) is 15.0 Å². The van der Waals surface area contributed by atoms with E-state index in [1.54, 1.807) is 11.3 Å². The Balaban J connectivity index is 1.05. The molecule has 0 amide bonds. The molecule has 0 aliphatic heterocycles. The number of rotatable bonds is 5. The Bertz CT molecular complexity index is 3470. The van der Waals surface area contributed by atoms with Gasteiger partial charge in [0.2, 0.25) is 0 Å². The lowest BCUT2D eigenvalue weighted by Gasteiger charge is -2.10. The van der Waals surface area contributed by atoms with Crippen LogP contribution < -0.4 is 0 Å². The molecule has 0 unspecified atom stereocenters. The molecule has 266 valence electrons. The molecule has 5 nitrogen and oxygen atoms in total. The van der Waals surface area contributed by atoms with Crippen molar-refractivity contribution < 1.29 is 8.83 Å². The number of benzene rings is 8. The van der Waals surface area contributed by atoms with Gasteiger partial charge < -0.3 is 8.83 Å². The number of hydrogen-bond donors (Lipinski definition) is 0. The zero-order valence-corrected chi connectivity index (χ0v) is 31.1. The normalized spacial score (nSPS) is 11.9. The average Bonchev–Trinajstić information content (AvgIpc) is 3.97. The molecule has 0 bridgehead atoms. The smallest absolute Gasteiger partial charge is 0.165 e. The summed E-state index contributed by atoms with van der Waals surface area (Å²) in [6.45, 7) is 0. The largest absolute Gasteiger partial charge is 0.456 e. The van der Waals surface area contributed by atoms with Crippen LogP contribution in [0.2, 0.25) is 0 Å². The molecule has 0 radical (unpaired) electrons. The summed E-state index contributed by atoms with van der Waals surface area (Å²) in [5.74, 6) is 1.96. The van der Waals surface area contributed by atoms with Gasteiger partial charge in [0.25, 0.3) is 0 Å². The quantitative estimate of drug-likeness (QED) is 0.175. The number of nitrogens with zero attached hydrogens (tertiary/aromatic N) is 3. The van der Waals surface area contributed by atoms with Crippen LogP contribution in [0.5, 0.6) is 0 Å². The summed E-state index contributed by atoms with van der Waals surface area (Å²) in [7, 11) is 0. The van der Waals surface area contributed by atoms with Gasteiger partial charge in [-0.15, -0.1) is 11.3 Å². The highest BCUT2D eigenvalue weighted by Gasteiger charge is 2.21. The van der Waals surface area contributed by atoms with Crippen LogP contribution in [0.25, 0.3) is 120 Å². The van der Waals surface area contributed by atoms with Crippen molar-refractivity contribution in [2.24, 2.45) is 0 Å². The second-order valence-corrected chi connectivity index (χ2v) is 15.4. The van der Waals surface area contributed by atoms with Gasteiger partial charge in [0.05, 0.1) is 0 Å². The minimum Gasteiger partial charge on any atom is -0.456 e. The van der Waals surface area contributed by atoms with Crippen molar-refractivity contribution in [3.05, 3.63) is 176 Å². The third kappa shape index (κ3) is 5.12. The van der Waals surface area contributed by atoms with Gasteiger partial charge in [-0.2, -0.15) is 0 Å². The van der Waals surface area contributed by atoms with Crippen molar-refractivity contribution >= 4 is 75.4 Å². The summed E-state index contributed by atoms with van der Waals surface area (Å²) in [4.78, 5) is 15.1. The van der Waals surface area contributed by atoms with Gasteiger partial charge in [-0.1, -0.05) is 133 Å². The number of thiophene rings is 1. The monoisotopic (exact) mass is 747 g/mol. The summed E-state index contributed by atoms with van der Waals surface area (Å²) in [5.41, 5.74) is 10.7. The Labute approximate surface area is 330 Å². The standard InChI is InChI=1S/C51H29N3O2S/c1-3-13-30(14-4-1)49-52-50(31-15-5-2-6-16-31)54-51(53-49)39-21-11-20-37-35-26-25-32(29-45(35)57-48(37)39)33-27-40-34-17-7-9-22-42(34)56-47(40)41(28-33)36-19-12-24-44-46(36)38-18-8-10-23-43(38)55-44/h1-29H. The van der Waals surface area contributed by atoms with Gasteiger partial charge in [0, 0.05) is 64.0 Å². The van der Waals surface area contributed by atoms with Crippen LogP contribution in [-0.4, -0.2) is 15.0 Å². The second-order valence-electron chi connectivity index (χ2n) is 14.3. The highest BCUT2D eigenvalue weighted by molar-refractivity contribution is 7.26. The van der Waals surface area contributed by atoms with E-state index >= 15 is 0 Å². The summed E-state index contributed by atoms with van der Waals surface area (Å²) in [5, 5.41) is 6.73. The van der Waals surface area contributed by atoms with Gasteiger partial charge in [0.1, 0.15) is 22.3 Å². The lowest BCUT2D eigenvalue weighted by atomic mass is 9.93. The predicted octanol–water partition coefficient (Wildman–Crippen LogP) is 14.4. The fraction of sp³-hybridized carbons (Fsp3) is 0. The maximum absolute atomic E-state index is 6.66. The number of furan rings is 2. The molecular weight excluding hydrogens is 719 g/mol. The summed E-state index contributed by atoms with van der Waals surface area (Å²) in [6.07, 6.45) is 0. The molecular formula is C51H29N3O2S. The van der Waals surface area contributed by atoms with E-state index in [0.717, 1.165) is 87.5 Å². The molecule has 0 aliphatic carbocycles. The Kier molecular flexibility index (Phi) is 7.03. The van der Waals surface area contributed by atoms with E-state index < -0.39 is 0 Å². The molecule has 57 heavy (non-hydrogen) atoms. The predicted molar refractivity (Wildman–Crippen MR) is 234 cm³/mol. The van der Waals surface area contributed by atoms with Gasteiger partial charge >= 0.3 is 0 Å². The fourth-order valence-corrected chi connectivity index (χ4v) is 9.53. The molecule has 0 N–H and O–H groups in total. The van der Waals surface area contributed by atoms with E-state index in [1.165, 1.54) is 15.5 Å². The molecule has 12 rings (SSSR count). The summed E-state index contributed by atoms with van der Waals surface area (Å²) in [6, 6.07) is 60.9. The second kappa shape index (κ2) is 12.6. The number of aromatic nitrogens is 3. The van der Waals surface area contributed by atoms with Crippen LogP contribution >= 0.6 is 11.3 Å². The third-order valence-corrected chi connectivity index (χ3v) is 12.1. The molecule has 6 heteroatoms. The maximum Gasteiger partial charge on any atom is 0.165 e. The SMILES string of the molecule is c1ccc(-c2nc(-c3ccccc3)nc(-c3cccc4c3sc3cc(-c5cc(-c6cccc7oc8ccccc8c67)c6oc7ccccc7c6c5)ccc34)n2)cc1. The Morgan fingerprint density at radius 2 is 0.965 bits per heavy atom. The van der Waals surface area contributed by atoms with Crippen LogP contribution in [0.3, 0.4) is 0 Å². The van der Waals surface area contributed by atoms with Crippen molar-refractivity contribution in [1.82, 2.24) is 15.0 Å². The lowest BCUT2D eigenvalue weighted by Crippen LogP contribution is -2.00. The van der Waals surface area contributed by atoms with Crippen molar-refractivity contribution in [2.45, 2.75) is 0 Å². The molecule has 4 heterocycles. The van der Waals surface area contributed by atoms with Crippen LogP contribution in [0.4, 0.5) is 0 Å². The summed E-state index contributed by atoms with van der Waals surface area (Å²) >= 11 is 1.78. The Morgan fingerprint density at radius 1 is 0.351 bits per heavy atom. The molecule has 4 aromatic heterocycles. The number of para-hydroxylation sites is 2. The van der Waals surface area contributed by atoms with Gasteiger partial charge in [-0.3, -0.25) is 0 Å². The molecule has 0 atom stereocenters. The highest BCUT2D eigenvalue weighted by atomic mass is 32.1. The van der Waals surface area contributed by atoms with E-state index in [1.807, 2.05) is 91.0 Å². The highest BCUT2D eigenvalue weighted by Crippen LogP contribution is 2.46. The van der Waals surface area contributed by atoms with Crippen molar-refractivity contribution in [1.29, 1.82) is 0 Å². The van der Waals surface area contributed by atoms with Gasteiger partial charge in [-0.05, 0) is 59.2 Å². The Hall–Kier alpha value is -7.41. The first kappa shape index (κ1) is 31.9. The molecule has 0 spiro atoms. The van der Waals surface area contributed by atoms with E-state index in [0.29, 0.717) is 17.5 Å². The van der Waals surface area contributed by atoms with E-state index in [4.69, 9.17) is 23.8 Å². The van der Waals surface area contributed by atoms with Crippen molar-refractivity contribution in [2.75, 3.05) is 0 Å². The first-order valence-corrected chi connectivity index (χ1v) is 19.7. The third-order valence-electron chi connectivity index (χ3n) is 10.9. The molecule has 0 saturated heterocycles. The zero-order chi connectivity index (χ0) is 37.5. The topological polar surface area (TPSA) is 65.0 Å². The van der Waals surface area contributed by atoms with Crippen LogP contribution in [0.1, 0.15) is 0 Å². The summed E-state index contributed by atoms with van der Waals surface area (Å²) < 4.78 is 15.3. The number of fused-ring (bicyclic) bond motifs is 9. The number of hydrogen-bond acceptors (Lipinski definition) is 6. The van der Waals surface area contributed by atoms with Gasteiger partial charge in [0.15, 0.2) is 17.5 Å². The first-order valence-electron chi connectivity index (χ1n) is 18.9. The fourth-order valence-electron chi connectivity index (χ4n) is 8.28. The minimum absolute atomic E-state index is 0.650. The average molecular weight is 748 g/mol. The maximum atomic E-state index is 6.66. The minimum atomic E-state index is 0.650. The lowest BCUT2D eigenvalue weighted by molar-refractivity contribution is 0.668. The van der Waals surface area contributed by atoms with E-state index in [-0.39, 0.29) is 0 Å². The first-order chi connectivity index (χ1) is 28.2. The molecule has 0 saturated carbocycles. The molecule has 8 aromatic carbocycles. The van der Waals surface area contributed by atoms with E-state index in [9.17, 15) is 0 Å². The molecule has 0 aliphatic rings. The Morgan fingerprint density at radius 3 is 1.74 bits per heavy atom. The van der Waals surface area contributed by atoms with Crippen molar-refractivity contribution in [3.8, 4) is 56.4 Å². The van der Waals surface area contributed by atoms with E-state index in [2.05, 4.69) is 84.9 Å². The molecule has 12 aromatic rings. The van der Waals surface area contributed by atoms with Crippen LogP contribution in [-0.2, 0) is 0 Å².